The van der Waals surface area contributed by atoms with Crippen molar-refractivity contribution in [1.29, 1.82) is 0 Å². The van der Waals surface area contributed by atoms with Gasteiger partial charge >= 0.3 is 0 Å². The molecule has 78 valence electrons. The van der Waals surface area contributed by atoms with Gasteiger partial charge in [0.25, 0.3) is 0 Å². The van der Waals surface area contributed by atoms with E-state index >= 15 is 0 Å². The second kappa shape index (κ2) is 3.76. The lowest BCUT2D eigenvalue weighted by Crippen LogP contribution is -2.41. The van der Waals surface area contributed by atoms with E-state index in [-0.39, 0.29) is 0 Å². The van der Waals surface area contributed by atoms with Crippen molar-refractivity contribution in [3.63, 3.8) is 0 Å². The molecule has 0 aromatic rings. The fourth-order valence-electron chi connectivity index (χ4n) is 3.09. The van der Waals surface area contributed by atoms with Gasteiger partial charge in [0.2, 0.25) is 0 Å². The van der Waals surface area contributed by atoms with E-state index < -0.39 is 8.07 Å². The maximum absolute atomic E-state index is 2.49. The molecule has 1 aliphatic heterocycles. The zero-order chi connectivity index (χ0) is 10.1. The number of hydrogen-bond donors (Lipinski definition) is 0. The van der Waals surface area contributed by atoms with Crippen LogP contribution in [0.1, 0.15) is 47.5 Å². The van der Waals surface area contributed by atoms with Crippen LogP contribution < -0.4 is 0 Å². The molecule has 1 fully saturated rings. The molecule has 13 heavy (non-hydrogen) atoms. The van der Waals surface area contributed by atoms with Gasteiger partial charge in [0, 0.05) is 0 Å². The molecule has 0 saturated carbocycles. The van der Waals surface area contributed by atoms with E-state index in [1.165, 1.54) is 12.8 Å². The molecule has 0 aromatic carbocycles. The molecule has 0 unspecified atom stereocenters. The molecule has 1 aliphatic rings. The van der Waals surface area contributed by atoms with Crippen molar-refractivity contribution in [3.8, 4) is 0 Å². The second-order valence-electron chi connectivity index (χ2n) is 6.34. The Hall–Kier alpha value is 0.217. The van der Waals surface area contributed by atoms with Crippen molar-refractivity contribution in [2.75, 3.05) is 0 Å². The fourth-order valence-corrected chi connectivity index (χ4v) is 9.28. The summed E-state index contributed by atoms with van der Waals surface area (Å²) in [7, 11) is -0.897. The normalized spacial score (nSPS) is 22.6. The average Bonchev–Trinajstić information content (AvgIpc) is 2.33. The van der Waals surface area contributed by atoms with Crippen molar-refractivity contribution in [2.45, 2.75) is 70.6 Å². The monoisotopic (exact) mass is 198 g/mol. The van der Waals surface area contributed by atoms with Gasteiger partial charge in [0.1, 0.15) is 0 Å². The maximum Gasteiger partial charge on any atom is 0.0592 e. The Morgan fingerprint density at radius 3 is 1.85 bits per heavy atom. The summed E-state index contributed by atoms with van der Waals surface area (Å²) in [4.78, 5) is 0. The third-order valence-corrected chi connectivity index (χ3v) is 11.4. The summed E-state index contributed by atoms with van der Waals surface area (Å²) in [5, 5.41) is 0.647. The van der Waals surface area contributed by atoms with Crippen LogP contribution in [0.3, 0.4) is 0 Å². The SMILES string of the molecule is CC(C)C[Si]1(C(C)(C)C)CCCC1. The van der Waals surface area contributed by atoms with Gasteiger partial charge in [0.05, 0.1) is 8.07 Å². The number of rotatable bonds is 2. The molecule has 0 nitrogen and oxygen atoms in total. The summed E-state index contributed by atoms with van der Waals surface area (Å²) >= 11 is 0. The van der Waals surface area contributed by atoms with Crippen molar-refractivity contribution in [2.24, 2.45) is 5.92 Å². The maximum atomic E-state index is 2.49. The molecular formula is C12H26Si. The quantitative estimate of drug-likeness (QED) is 0.565. The predicted molar refractivity (Wildman–Crippen MR) is 64.0 cm³/mol. The zero-order valence-electron chi connectivity index (χ0n) is 10.1. The Balaban J connectivity index is 2.75. The largest absolute Gasteiger partial charge is 0.0630 e. The van der Waals surface area contributed by atoms with Gasteiger partial charge in [-0.05, 0) is 11.0 Å². The Bertz CT molecular complexity index is 158. The van der Waals surface area contributed by atoms with Gasteiger partial charge in [-0.15, -0.1) is 0 Å². The topological polar surface area (TPSA) is 0 Å². The van der Waals surface area contributed by atoms with E-state index in [1.807, 2.05) is 0 Å². The van der Waals surface area contributed by atoms with E-state index in [1.54, 1.807) is 18.1 Å². The lowest BCUT2D eigenvalue weighted by Gasteiger charge is -2.41. The van der Waals surface area contributed by atoms with Crippen LogP contribution in [0.2, 0.25) is 23.2 Å². The summed E-state index contributed by atoms with van der Waals surface area (Å²) < 4.78 is 0. The van der Waals surface area contributed by atoms with E-state index in [2.05, 4.69) is 34.6 Å². The van der Waals surface area contributed by atoms with Crippen molar-refractivity contribution in [1.82, 2.24) is 0 Å². The van der Waals surface area contributed by atoms with Crippen LogP contribution in [0.15, 0.2) is 0 Å². The zero-order valence-corrected chi connectivity index (χ0v) is 11.1. The minimum absolute atomic E-state index is 0.647. The van der Waals surface area contributed by atoms with E-state index in [0.29, 0.717) is 5.04 Å². The molecule has 0 radical (unpaired) electrons. The first-order valence-electron chi connectivity index (χ1n) is 5.87. The van der Waals surface area contributed by atoms with Gasteiger partial charge in [-0.1, -0.05) is 65.6 Å². The molecule has 0 atom stereocenters. The summed E-state index contributed by atoms with van der Waals surface area (Å²) in [6, 6.07) is 4.78. The molecule has 1 heterocycles. The highest BCUT2D eigenvalue weighted by Gasteiger charge is 2.45. The molecule has 0 N–H and O–H groups in total. The molecular weight excluding hydrogens is 172 g/mol. The molecule has 0 amide bonds. The first-order chi connectivity index (χ1) is 5.87. The third-order valence-electron chi connectivity index (χ3n) is 3.95. The fraction of sp³-hybridized carbons (Fsp3) is 1.00. The minimum atomic E-state index is -0.897. The van der Waals surface area contributed by atoms with E-state index in [4.69, 9.17) is 0 Å². The number of hydrogen-bond acceptors (Lipinski definition) is 0. The van der Waals surface area contributed by atoms with Crippen LogP contribution in [-0.2, 0) is 0 Å². The van der Waals surface area contributed by atoms with Gasteiger partial charge in [0.15, 0.2) is 0 Å². The molecule has 1 heteroatoms. The highest BCUT2D eigenvalue weighted by atomic mass is 28.3. The van der Waals surface area contributed by atoms with Gasteiger partial charge in [-0.2, -0.15) is 0 Å². The van der Waals surface area contributed by atoms with Gasteiger partial charge in [-0.3, -0.25) is 0 Å². The first-order valence-corrected chi connectivity index (χ1v) is 8.49. The van der Waals surface area contributed by atoms with Crippen LogP contribution in [0.5, 0.6) is 0 Å². The summed E-state index contributed by atoms with van der Waals surface area (Å²) in [5.74, 6) is 0.920. The molecule has 0 aromatic heterocycles. The van der Waals surface area contributed by atoms with Crippen LogP contribution in [0.4, 0.5) is 0 Å². The second-order valence-corrected chi connectivity index (χ2v) is 11.8. The summed E-state index contributed by atoms with van der Waals surface area (Å²) in [6.07, 6.45) is 3.05. The highest BCUT2D eigenvalue weighted by molar-refractivity contribution is 6.83. The van der Waals surface area contributed by atoms with Crippen molar-refractivity contribution >= 4 is 8.07 Å². The minimum Gasteiger partial charge on any atom is -0.0630 e. The molecule has 1 rings (SSSR count). The van der Waals surface area contributed by atoms with Gasteiger partial charge < -0.3 is 0 Å². The average molecular weight is 198 g/mol. The third kappa shape index (κ3) is 2.37. The Morgan fingerprint density at radius 1 is 1.08 bits per heavy atom. The lowest BCUT2D eigenvalue weighted by molar-refractivity contribution is 0.649. The molecule has 0 bridgehead atoms. The molecule has 0 spiro atoms. The van der Waals surface area contributed by atoms with Crippen LogP contribution in [0.25, 0.3) is 0 Å². The van der Waals surface area contributed by atoms with Crippen molar-refractivity contribution < 1.29 is 0 Å². The lowest BCUT2D eigenvalue weighted by atomic mass is 10.2. The first kappa shape index (κ1) is 11.3. The smallest absolute Gasteiger partial charge is 0.0592 e. The van der Waals surface area contributed by atoms with Crippen LogP contribution in [0, 0.1) is 5.92 Å². The van der Waals surface area contributed by atoms with Crippen molar-refractivity contribution in [3.05, 3.63) is 0 Å². The standard InChI is InChI=1S/C12H26Si/c1-11(2)10-13(12(3,4)5)8-6-7-9-13/h11H,6-10H2,1-5H3. The summed E-state index contributed by atoms with van der Waals surface area (Å²) in [5.41, 5.74) is 0. The Kier molecular flexibility index (Phi) is 3.27. The van der Waals surface area contributed by atoms with E-state index in [0.717, 1.165) is 5.92 Å². The highest BCUT2D eigenvalue weighted by Crippen LogP contribution is 2.51. The molecule has 1 saturated heterocycles. The van der Waals surface area contributed by atoms with E-state index in [9.17, 15) is 0 Å². The van der Waals surface area contributed by atoms with Crippen LogP contribution in [-0.4, -0.2) is 8.07 Å². The Morgan fingerprint density at radius 2 is 1.54 bits per heavy atom. The molecule has 0 aliphatic carbocycles. The van der Waals surface area contributed by atoms with Crippen LogP contribution >= 0.6 is 0 Å². The predicted octanol–water partition coefficient (Wildman–Crippen LogP) is 4.69. The summed E-state index contributed by atoms with van der Waals surface area (Å²) in [6.45, 7) is 12.3. The Labute approximate surface area is 85.1 Å². The van der Waals surface area contributed by atoms with Gasteiger partial charge in [-0.25, -0.2) is 0 Å².